The van der Waals surface area contributed by atoms with Gasteiger partial charge in [0.15, 0.2) is 5.82 Å². The van der Waals surface area contributed by atoms with Crippen LogP contribution in [0.2, 0.25) is 0 Å². The maximum Gasteiger partial charge on any atom is 0.231 e. The normalized spacial score (nSPS) is 15.2. The van der Waals surface area contributed by atoms with Crippen molar-refractivity contribution in [2.45, 2.75) is 32.5 Å². The number of ether oxygens (including phenoxy) is 2. The number of aromatic nitrogens is 3. The van der Waals surface area contributed by atoms with E-state index in [1.54, 1.807) is 42.6 Å². The fourth-order valence-corrected chi connectivity index (χ4v) is 5.10. The van der Waals surface area contributed by atoms with Gasteiger partial charge in [-0.25, -0.2) is 32.7 Å². The van der Waals surface area contributed by atoms with Gasteiger partial charge in [-0.3, -0.25) is 4.55 Å². The Kier molecular flexibility index (Phi) is 9.21. The van der Waals surface area contributed by atoms with Crippen LogP contribution < -0.4 is 20.1 Å². The summed E-state index contributed by atoms with van der Waals surface area (Å²) < 4.78 is 64.7. The number of alkyl halides is 1. The summed E-state index contributed by atoms with van der Waals surface area (Å²) in [5.74, 6) is 1.15. The Morgan fingerprint density at radius 2 is 1.95 bits per heavy atom. The molecule has 0 aliphatic carbocycles. The van der Waals surface area contributed by atoms with Crippen molar-refractivity contribution in [3.63, 3.8) is 0 Å². The Morgan fingerprint density at radius 1 is 1.17 bits per heavy atom. The molecule has 0 bridgehead atoms. The van der Waals surface area contributed by atoms with Gasteiger partial charge in [-0.1, -0.05) is 18.2 Å². The standard InChI is InChI=1S/C29H32F2N6O4S/c1-17(2)41-24-15-19(20-4-3-5-21(26(20)31)23(30)8-9-34-42(38)39)14-22-27(24)35-28(18-6-7-25(32)33-16-18)36-29(22)37-10-12-40-13-11-37/h3-7,14-17,23,34H,8-13H2,1-2H3,(H2,32,33)(H,38,39). The molecule has 2 atom stereocenters. The molecular weight excluding hydrogens is 566 g/mol. The highest BCUT2D eigenvalue weighted by Gasteiger charge is 2.24. The number of anilines is 2. The van der Waals surface area contributed by atoms with Crippen LogP contribution in [-0.4, -0.2) is 62.7 Å². The molecule has 4 aromatic rings. The van der Waals surface area contributed by atoms with Crippen molar-refractivity contribution in [3.05, 3.63) is 60.0 Å². The van der Waals surface area contributed by atoms with E-state index >= 15 is 8.78 Å². The van der Waals surface area contributed by atoms with E-state index in [0.717, 1.165) is 0 Å². The van der Waals surface area contributed by atoms with E-state index < -0.39 is 23.3 Å². The van der Waals surface area contributed by atoms with Crippen LogP contribution >= 0.6 is 0 Å². The Morgan fingerprint density at radius 3 is 2.64 bits per heavy atom. The summed E-state index contributed by atoms with van der Waals surface area (Å²) >= 11 is -2.28. The third-order valence-electron chi connectivity index (χ3n) is 6.76. The van der Waals surface area contributed by atoms with Crippen molar-refractivity contribution in [3.8, 4) is 28.3 Å². The van der Waals surface area contributed by atoms with Gasteiger partial charge >= 0.3 is 0 Å². The van der Waals surface area contributed by atoms with E-state index in [1.807, 2.05) is 13.8 Å². The summed E-state index contributed by atoms with van der Waals surface area (Å²) in [6.45, 7) is 5.90. The minimum Gasteiger partial charge on any atom is -0.489 e. The van der Waals surface area contributed by atoms with Crippen molar-refractivity contribution < 1.29 is 27.0 Å². The molecule has 2 aromatic carbocycles. The number of nitrogens with two attached hydrogens (primary N) is 1. The number of morpholine rings is 1. The largest absolute Gasteiger partial charge is 0.489 e. The van der Waals surface area contributed by atoms with E-state index in [9.17, 15) is 4.21 Å². The summed E-state index contributed by atoms with van der Waals surface area (Å²) in [4.78, 5) is 16.0. The van der Waals surface area contributed by atoms with E-state index in [0.29, 0.717) is 71.5 Å². The zero-order valence-corrected chi connectivity index (χ0v) is 24.0. The van der Waals surface area contributed by atoms with Gasteiger partial charge in [-0.15, -0.1) is 0 Å². The van der Waals surface area contributed by atoms with Gasteiger partial charge in [0.2, 0.25) is 11.3 Å². The lowest BCUT2D eigenvalue weighted by Gasteiger charge is -2.29. The molecule has 2 unspecified atom stereocenters. The number of fused-ring (bicyclic) bond motifs is 1. The Hall–Kier alpha value is -3.78. The third-order valence-corrected chi connectivity index (χ3v) is 7.21. The monoisotopic (exact) mass is 598 g/mol. The molecule has 13 heteroatoms. The van der Waals surface area contributed by atoms with Crippen LogP contribution in [0.3, 0.4) is 0 Å². The molecule has 10 nitrogen and oxygen atoms in total. The molecule has 222 valence electrons. The minimum atomic E-state index is -2.28. The van der Waals surface area contributed by atoms with Gasteiger partial charge < -0.3 is 20.1 Å². The molecule has 0 spiro atoms. The maximum atomic E-state index is 15.9. The number of nitrogens with zero attached hydrogens (tertiary/aromatic N) is 4. The summed E-state index contributed by atoms with van der Waals surface area (Å²) in [5, 5.41) is 0.647. The van der Waals surface area contributed by atoms with E-state index in [4.69, 9.17) is 29.7 Å². The quantitative estimate of drug-likeness (QED) is 0.219. The lowest BCUT2D eigenvalue weighted by molar-refractivity contribution is 0.122. The average molecular weight is 599 g/mol. The van der Waals surface area contributed by atoms with Crippen LogP contribution in [0.15, 0.2) is 48.7 Å². The fourth-order valence-electron chi connectivity index (χ4n) is 4.81. The number of hydrogen-bond donors (Lipinski definition) is 3. The van der Waals surface area contributed by atoms with Crippen LogP contribution in [0.1, 0.15) is 32.0 Å². The smallest absolute Gasteiger partial charge is 0.231 e. The van der Waals surface area contributed by atoms with Crippen LogP contribution in [-0.2, 0) is 16.0 Å². The van der Waals surface area contributed by atoms with Crippen LogP contribution in [0, 0.1) is 5.82 Å². The Labute approximate surface area is 244 Å². The third kappa shape index (κ3) is 6.65. The first-order chi connectivity index (χ1) is 20.2. The topological polar surface area (TPSA) is 136 Å². The van der Waals surface area contributed by atoms with Crippen molar-refractivity contribution in [2.75, 3.05) is 43.5 Å². The molecule has 1 aliphatic rings. The van der Waals surface area contributed by atoms with Crippen LogP contribution in [0.25, 0.3) is 33.4 Å². The van der Waals surface area contributed by atoms with Gasteiger partial charge in [0.1, 0.15) is 34.9 Å². The number of nitrogen functional groups attached to an aromatic ring is 1. The summed E-state index contributed by atoms with van der Waals surface area (Å²) in [5.41, 5.74) is 7.53. The molecule has 1 fully saturated rings. The van der Waals surface area contributed by atoms with Crippen molar-refractivity contribution in [2.24, 2.45) is 0 Å². The van der Waals surface area contributed by atoms with Gasteiger partial charge in [0, 0.05) is 47.9 Å². The molecule has 0 saturated carbocycles. The van der Waals surface area contributed by atoms with E-state index in [1.165, 1.54) is 6.07 Å². The highest BCUT2D eigenvalue weighted by atomic mass is 32.2. The maximum absolute atomic E-state index is 15.9. The minimum absolute atomic E-state index is 0.0948. The number of pyridine rings is 1. The predicted molar refractivity (Wildman–Crippen MR) is 159 cm³/mol. The fraction of sp³-hybridized carbons (Fsp3) is 0.345. The van der Waals surface area contributed by atoms with E-state index in [2.05, 4.69) is 14.6 Å². The number of nitrogens with one attached hydrogen (secondary N) is 1. The summed E-state index contributed by atoms with van der Waals surface area (Å²) in [7, 11) is 0. The first kappa shape index (κ1) is 29.7. The van der Waals surface area contributed by atoms with Crippen LogP contribution in [0.4, 0.5) is 20.4 Å². The number of halogens is 2. The van der Waals surface area contributed by atoms with E-state index in [-0.39, 0.29) is 30.2 Å². The Bertz CT molecular complexity index is 1590. The Balaban J connectivity index is 1.67. The van der Waals surface area contributed by atoms with Gasteiger partial charge in [-0.05, 0) is 50.1 Å². The first-order valence-corrected chi connectivity index (χ1v) is 14.7. The number of rotatable bonds is 10. The zero-order valence-electron chi connectivity index (χ0n) is 23.2. The van der Waals surface area contributed by atoms with Gasteiger partial charge in [0.05, 0.1) is 19.3 Å². The highest BCUT2D eigenvalue weighted by molar-refractivity contribution is 7.77. The molecule has 42 heavy (non-hydrogen) atoms. The second-order valence-electron chi connectivity index (χ2n) is 10.1. The zero-order chi connectivity index (χ0) is 29.8. The lowest BCUT2D eigenvalue weighted by atomic mass is 9.97. The summed E-state index contributed by atoms with van der Waals surface area (Å²) in [6.07, 6.45) is -0.470. The molecule has 4 N–H and O–H groups in total. The first-order valence-electron chi connectivity index (χ1n) is 13.6. The molecule has 3 heterocycles. The lowest BCUT2D eigenvalue weighted by Crippen LogP contribution is -2.37. The second-order valence-corrected chi connectivity index (χ2v) is 10.9. The van der Waals surface area contributed by atoms with Crippen molar-refractivity contribution in [1.82, 2.24) is 19.7 Å². The molecular formula is C29H32F2N6O4S. The SMILES string of the molecule is CC(C)Oc1cc(-c2cccc(C(F)CCNS(=O)O)c2F)cc2c(N3CCOCC3)nc(-c3ccc(N)nc3)nc12. The molecule has 0 radical (unpaired) electrons. The van der Waals surface area contributed by atoms with Crippen molar-refractivity contribution >= 4 is 33.8 Å². The van der Waals surface area contributed by atoms with Gasteiger partial charge in [0.25, 0.3) is 0 Å². The highest BCUT2D eigenvalue weighted by Crippen LogP contribution is 2.40. The number of hydrogen-bond acceptors (Lipinski definition) is 8. The van der Waals surface area contributed by atoms with Crippen LogP contribution in [0.5, 0.6) is 5.75 Å². The second kappa shape index (κ2) is 13.0. The van der Waals surface area contributed by atoms with Crippen molar-refractivity contribution in [1.29, 1.82) is 0 Å². The molecule has 5 rings (SSSR count). The molecule has 1 saturated heterocycles. The predicted octanol–water partition coefficient (Wildman–Crippen LogP) is 4.83. The van der Waals surface area contributed by atoms with Gasteiger partial charge in [-0.2, -0.15) is 0 Å². The number of benzene rings is 2. The summed E-state index contributed by atoms with van der Waals surface area (Å²) in [6, 6.07) is 11.5. The molecule has 0 amide bonds. The average Bonchev–Trinajstić information content (AvgIpc) is 2.97. The molecule has 1 aliphatic heterocycles. The molecule has 2 aromatic heterocycles.